The van der Waals surface area contributed by atoms with Crippen molar-refractivity contribution in [1.29, 1.82) is 0 Å². The molecule has 3 aromatic heterocycles. The van der Waals surface area contributed by atoms with E-state index in [0.717, 1.165) is 33.6 Å². The molecule has 0 unspecified atom stereocenters. The van der Waals surface area contributed by atoms with Crippen molar-refractivity contribution in [3.05, 3.63) is 77.6 Å². The van der Waals surface area contributed by atoms with Crippen molar-refractivity contribution in [3.8, 4) is 22.4 Å². The zero-order valence-corrected chi connectivity index (χ0v) is 15.4. The molecular formula is C21H18N4S. The summed E-state index contributed by atoms with van der Waals surface area (Å²) in [7, 11) is 0. The molecule has 4 nitrogen and oxygen atoms in total. The van der Waals surface area contributed by atoms with E-state index in [-0.39, 0.29) is 0 Å². The smallest absolute Gasteiger partial charge is 0.188 e. The highest BCUT2D eigenvalue weighted by atomic mass is 32.1. The largest absolute Gasteiger partial charge is 0.316 e. The number of nitrogens with zero attached hydrogens (tertiary/aromatic N) is 3. The van der Waals surface area contributed by atoms with Gasteiger partial charge in [0.1, 0.15) is 5.82 Å². The van der Waals surface area contributed by atoms with Crippen molar-refractivity contribution < 1.29 is 0 Å². The average molecular weight is 358 g/mol. The quantitative estimate of drug-likeness (QED) is 0.514. The van der Waals surface area contributed by atoms with Gasteiger partial charge in [-0.1, -0.05) is 30.3 Å². The molecule has 0 radical (unpaired) electrons. The fraction of sp³-hybridized carbons (Fsp3) is 0.0952. The number of hydrogen-bond acceptors (Lipinski definition) is 5. The molecule has 0 aliphatic carbocycles. The monoisotopic (exact) mass is 358 g/mol. The van der Waals surface area contributed by atoms with Gasteiger partial charge >= 0.3 is 0 Å². The molecule has 0 amide bonds. The average Bonchev–Trinajstić information content (AvgIpc) is 3.10. The van der Waals surface area contributed by atoms with Crippen LogP contribution in [0.5, 0.6) is 0 Å². The van der Waals surface area contributed by atoms with Gasteiger partial charge in [-0.15, -0.1) is 11.3 Å². The predicted molar refractivity (Wildman–Crippen MR) is 108 cm³/mol. The molecule has 0 aliphatic rings. The van der Waals surface area contributed by atoms with Gasteiger partial charge in [-0.25, -0.2) is 9.97 Å². The second-order valence-corrected chi connectivity index (χ2v) is 6.95. The van der Waals surface area contributed by atoms with Gasteiger partial charge in [-0.05, 0) is 49.2 Å². The lowest BCUT2D eigenvalue weighted by molar-refractivity contribution is 1.19. The number of hydrogen-bond donors (Lipinski definition) is 1. The van der Waals surface area contributed by atoms with Crippen LogP contribution in [0.4, 0.5) is 10.9 Å². The van der Waals surface area contributed by atoms with E-state index in [2.05, 4.69) is 56.0 Å². The number of rotatable bonds is 4. The molecule has 0 atom stereocenters. The van der Waals surface area contributed by atoms with Gasteiger partial charge in [-0.3, -0.25) is 4.98 Å². The SMILES string of the molecule is Cc1cc(-c2ccc(-c3csc(Nc4cccc(C)n4)n3)cc2)ccn1. The van der Waals surface area contributed by atoms with Gasteiger partial charge in [0.15, 0.2) is 5.13 Å². The number of anilines is 2. The van der Waals surface area contributed by atoms with Crippen LogP contribution in [0.25, 0.3) is 22.4 Å². The highest BCUT2D eigenvalue weighted by Crippen LogP contribution is 2.28. The lowest BCUT2D eigenvalue weighted by Gasteiger charge is -2.04. The molecular weight excluding hydrogens is 340 g/mol. The summed E-state index contributed by atoms with van der Waals surface area (Å²) in [5.41, 5.74) is 6.41. The van der Waals surface area contributed by atoms with E-state index in [1.807, 2.05) is 44.3 Å². The Bertz CT molecular complexity index is 1040. The molecule has 0 bridgehead atoms. The molecule has 0 spiro atoms. The number of nitrogens with one attached hydrogen (secondary N) is 1. The third-order valence-corrected chi connectivity index (χ3v) is 4.80. The Balaban J connectivity index is 1.54. The Morgan fingerprint density at radius 3 is 2.38 bits per heavy atom. The maximum Gasteiger partial charge on any atom is 0.188 e. The highest BCUT2D eigenvalue weighted by molar-refractivity contribution is 7.14. The maximum absolute atomic E-state index is 4.68. The Morgan fingerprint density at radius 2 is 1.62 bits per heavy atom. The standard InChI is InChI=1S/C21H18N4S/c1-14-4-3-5-20(23-14)25-21-24-19(13-26-21)17-8-6-16(7-9-17)18-10-11-22-15(2)12-18/h3-13H,1-2H3,(H,23,24,25). The van der Waals surface area contributed by atoms with E-state index in [1.54, 1.807) is 11.3 Å². The normalized spacial score (nSPS) is 10.7. The van der Waals surface area contributed by atoms with Gasteiger partial charge in [0.05, 0.1) is 5.69 Å². The fourth-order valence-corrected chi connectivity index (χ4v) is 3.47. The van der Waals surface area contributed by atoms with Gasteiger partial charge in [0, 0.05) is 28.5 Å². The van der Waals surface area contributed by atoms with Gasteiger partial charge in [-0.2, -0.15) is 0 Å². The van der Waals surface area contributed by atoms with Crippen molar-refractivity contribution in [2.75, 3.05) is 5.32 Å². The van der Waals surface area contributed by atoms with Crippen LogP contribution in [-0.4, -0.2) is 15.0 Å². The molecule has 5 heteroatoms. The van der Waals surface area contributed by atoms with Gasteiger partial charge in [0.2, 0.25) is 0 Å². The molecule has 0 fully saturated rings. The zero-order chi connectivity index (χ0) is 17.9. The fourth-order valence-electron chi connectivity index (χ4n) is 2.74. The van der Waals surface area contributed by atoms with Crippen molar-refractivity contribution in [2.24, 2.45) is 0 Å². The first-order valence-corrected chi connectivity index (χ1v) is 9.25. The van der Waals surface area contributed by atoms with Crippen LogP contribution in [0.2, 0.25) is 0 Å². The van der Waals surface area contributed by atoms with E-state index >= 15 is 0 Å². The molecule has 0 aliphatic heterocycles. The summed E-state index contributed by atoms with van der Waals surface area (Å²) < 4.78 is 0. The molecule has 26 heavy (non-hydrogen) atoms. The summed E-state index contributed by atoms with van der Waals surface area (Å²) in [6.07, 6.45) is 1.84. The van der Waals surface area contributed by atoms with E-state index in [0.29, 0.717) is 0 Å². The van der Waals surface area contributed by atoms with Crippen LogP contribution in [0.1, 0.15) is 11.4 Å². The Labute approximate surface area is 156 Å². The number of pyridine rings is 2. The molecule has 128 valence electrons. The molecule has 0 saturated carbocycles. The number of benzene rings is 1. The minimum atomic E-state index is 0.814. The van der Waals surface area contributed by atoms with Crippen molar-refractivity contribution in [1.82, 2.24) is 15.0 Å². The Hall–Kier alpha value is -3.05. The molecule has 1 aromatic carbocycles. The second kappa shape index (κ2) is 7.06. The van der Waals surface area contributed by atoms with Crippen LogP contribution in [0.3, 0.4) is 0 Å². The van der Waals surface area contributed by atoms with Crippen LogP contribution in [0, 0.1) is 13.8 Å². The zero-order valence-electron chi connectivity index (χ0n) is 14.6. The van der Waals surface area contributed by atoms with Crippen molar-refractivity contribution in [3.63, 3.8) is 0 Å². The molecule has 4 aromatic rings. The third kappa shape index (κ3) is 3.63. The lowest BCUT2D eigenvalue weighted by atomic mass is 10.0. The van der Waals surface area contributed by atoms with E-state index in [9.17, 15) is 0 Å². The first-order valence-electron chi connectivity index (χ1n) is 8.37. The van der Waals surface area contributed by atoms with Crippen LogP contribution in [0.15, 0.2) is 66.2 Å². The summed E-state index contributed by atoms with van der Waals surface area (Å²) in [4.78, 5) is 13.4. The van der Waals surface area contributed by atoms with Crippen molar-refractivity contribution in [2.45, 2.75) is 13.8 Å². The minimum absolute atomic E-state index is 0.814. The number of thiazole rings is 1. The second-order valence-electron chi connectivity index (χ2n) is 6.09. The minimum Gasteiger partial charge on any atom is -0.316 e. The van der Waals surface area contributed by atoms with Crippen LogP contribution in [-0.2, 0) is 0 Å². The molecule has 0 saturated heterocycles. The Morgan fingerprint density at radius 1 is 0.808 bits per heavy atom. The summed E-state index contributed by atoms with van der Waals surface area (Å²) in [6, 6.07) is 18.5. The van der Waals surface area contributed by atoms with E-state index < -0.39 is 0 Å². The van der Waals surface area contributed by atoms with E-state index in [1.165, 1.54) is 11.1 Å². The van der Waals surface area contributed by atoms with E-state index in [4.69, 9.17) is 0 Å². The van der Waals surface area contributed by atoms with Gasteiger partial charge in [0.25, 0.3) is 0 Å². The summed E-state index contributed by atoms with van der Waals surface area (Å²) in [6.45, 7) is 3.98. The molecule has 4 rings (SSSR count). The number of aryl methyl sites for hydroxylation is 2. The van der Waals surface area contributed by atoms with Crippen molar-refractivity contribution >= 4 is 22.3 Å². The molecule has 1 N–H and O–H groups in total. The highest BCUT2D eigenvalue weighted by Gasteiger charge is 2.06. The maximum atomic E-state index is 4.68. The topological polar surface area (TPSA) is 50.7 Å². The summed E-state index contributed by atoms with van der Waals surface area (Å²) in [5.74, 6) is 0.814. The first-order chi connectivity index (χ1) is 12.7. The predicted octanol–water partition coefficient (Wildman–Crippen LogP) is 5.63. The molecule has 3 heterocycles. The van der Waals surface area contributed by atoms with Gasteiger partial charge < -0.3 is 5.32 Å². The number of aromatic nitrogens is 3. The summed E-state index contributed by atoms with van der Waals surface area (Å²) >= 11 is 1.58. The Kier molecular flexibility index (Phi) is 4.46. The van der Waals surface area contributed by atoms with Crippen LogP contribution < -0.4 is 5.32 Å². The lowest BCUT2D eigenvalue weighted by Crippen LogP contribution is -1.93. The first kappa shape index (κ1) is 16.4. The van der Waals surface area contributed by atoms with Crippen LogP contribution >= 0.6 is 11.3 Å². The summed E-state index contributed by atoms with van der Waals surface area (Å²) in [5, 5.41) is 6.17. The third-order valence-electron chi connectivity index (χ3n) is 4.04.